The second-order valence-electron chi connectivity index (χ2n) is 8.54. The van der Waals surface area contributed by atoms with Gasteiger partial charge in [0.05, 0.1) is 0 Å². The Morgan fingerprint density at radius 1 is 0.519 bits per heavy atom. The number of nitrogens with zero attached hydrogens (tertiary/aromatic N) is 1. The Morgan fingerprint density at radius 2 is 0.852 bits per heavy atom. The molecule has 0 heterocycles. The molecule has 0 aliphatic rings. The molecular formula is C24H52ClMgN. The second-order valence-corrected chi connectivity index (χ2v) is 9.02. The van der Waals surface area contributed by atoms with E-state index in [4.69, 9.17) is 11.8 Å². The predicted molar refractivity (Wildman–Crippen MR) is 130 cm³/mol. The first-order valence-electron chi connectivity index (χ1n) is 12.1. The zero-order chi connectivity index (χ0) is 19.5. The van der Waals surface area contributed by atoms with Crippen LogP contribution in [0.4, 0.5) is 0 Å². The normalized spacial score (nSPS) is 13.6. The molecule has 3 heteroatoms. The molecular weight excluding hydrogens is 362 g/mol. The molecule has 162 valence electrons. The molecule has 0 rings (SSSR count). The minimum atomic E-state index is 0. The first-order chi connectivity index (χ1) is 12.7. The molecule has 0 saturated heterocycles. The lowest BCUT2D eigenvalue weighted by molar-refractivity contribution is 0.265. The van der Waals surface area contributed by atoms with Crippen molar-refractivity contribution in [2.75, 3.05) is 13.1 Å². The van der Waals surface area contributed by atoms with Crippen molar-refractivity contribution in [1.29, 1.82) is 0 Å². The molecule has 2 atom stereocenters. The van der Waals surface area contributed by atoms with Crippen molar-refractivity contribution < 1.29 is 0 Å². The van der Waals surface area contributed by atoms with Crippen molar-refractivity contribution in [2.45, 2.75) is 130 Å². The Balaban J connectivity index is 0. The van der Waals surface area contributed by atoms with Gasteiger partial charge in [0.1, 0.15) is 0 Å². The van der Waals surface area contributed by atoms with Gasteiger partial charge in [0.25, 0.3) is 0 Å². The zero-order valence-electron chi connectivity index (χ0n) is 18.7. The van der Waals surface area contributed by atoms with E-state index >= 15 is 0 Å². The SMILES string of the molecule is CCCCCCC(CCCC)CN(Cl)CC(CCCC)CCCCCC.[MgH2]. The van der Waals surface area contributed by atoms with Crippen molar-refractivity contribution >= 4 is 34.8 Å². The molecule has 0 bridgehead atoms. The van der Waals surface area contributed by atoms with Crippen LogP contribution < -0.4 is 0 Å². The number of hydrogen-bond acceptors (Lipinski definition) is 1. The van der Waals surface area contributed by atoms with Crippen LogP contribution in [-0.4, -0.2) is 40.6 Å². The molecule has 1 nitrogen and oxygen atoms in total. The zero-order valence-corrected chi connectivity index (χ0v) is 19.5. The first kappa shape index (κ1) is 30.2. The van der Waals surface area contributed by atoms with Crippen molar-refractivity contribution in [3.63, 3.8) is 0 Å². The fourth-order valence-corrected chi connectivity index (χ4v) is 4.38. The molecule has 0 radical (unpaired) electrons. The first-order valence-corrected chi connectivity index (χ1v) is 12.4. The standard InChI is InChI=1S/C24H50ClN.Mg.2H/c1-5-9-13-15-19-23(17-11-7-3)21-26(25)22-24(18-12-8-4)20-16-14-10-6-2;;;/h23-24H,5-22H2,1-4H3;;;. The third-order valence-corrected chi connectivity index (χ3v) is 6.05. The van der Waals surface area contributed by atoms with E-state index in [2.05, 4.69) is 32.1 Å². The number of halogens is 1. The van der Waals surface area contributed by atoms with Crippen LogP contribution in [0.3, 0.4) is 0 Å². The van der Waals surface area contributed by atoms with Crippen molar-refractivity contribution in [1.82, 2.24) is 4.42 Å². The van der Waals surface area contributed by atoms with Crippen LogP contribution >= 0.6 is 11.8 Å². The molecule has 0 aromatic heterocycles. The van der Waals surface area contributed by atoms with E-state index in [-0.39, 0.29) is 23.1 Å². The van der Waals surface area contributed by atoms with E-state index in [0.29, 0.717) is 0 Å². The Labute approximate surface area is 194 Å². The van der Waals surface area contributed by atoms with Crippen LogP contribution in [0, 0.1) is 11.8 Å². The van der Waals surface area contributed by atoms with Gasteiger partial charge in [-0.1, -0.05) is 105 Å². The van der Waals surface area contributed by atoms with Gasteiger partial charge in [0, 0.05) is 13.1 Å². The van der Waals surface area contributed by atoms with Gasteiger partial charge < -0.3 is 0 Å². The highest BCUT2D eigenvalue weighted by Crippen LogP contribution is 2.23. The number of rotatable bonds is 20. The number of hydrogen-bond donors (Lipinski definition) is 0. The maximum atomic E-state index is 6.74. The van der Waals surface area contributed by atoms with Gasteiger partial charge >= 0.3 is 23.1 Å². The third-order valence-electron chi connectivity index (χ3n) is 5.78. The van der Waals surface area contributed by atoms with E-state index in [1.807, 2.05) is 0 Å². The minimum absolute atomic E-state index is 0. The maximum Gasteiger partial charge on any atom is 0.316 e. The van der Waals surface area contributed by atoms with E-state index in [1.54, 1.807) is 0 Å². The summed E-state index contributed by atoms with van der Waals surface area (Å²) in [6.45, 7) is 11.4. The summed E-state index contributed by atoms with van der Waals surface area (Å²) >= 11 is 6.74. The van der Waals surface area contributed by atoms with Crippen LogP contribution in [0.1, 0.15) is 130 Å². The lowest BCUT2D eigenvalue weighted by atomic mass is 9.93. The summed E-state index contributed by atoms with van der Waals surface area (Å²) in [5.74, 6) is 1.60. The summed E-state index contributed by atoms with van der Waals surface area (Å²) in [6, 6.07) is 0. The molecule has 0 amide bonds. The summed E-state index contributed by atoms with van der Waals surface area (Å²) in [4.78, 5) is 0. The fraction of sp³-hybridized carbons (Fsp3) is 1.00. The molecule has 2 unspecified atom stereocenters. The van der Waals surface area contributed by atoms with Gasteiger partial charge in [-0.05, 0) is 49.3 Å². The van der Waals surface area contributed by atoms with Gasteiger partial charge in [-0.3, -0.25) is 0 Å². The highest BCUT2D eigenvalue weighted by molar-refractivity contribution is 6.13. The van der Waals surface area contributed by atoms with E-state index in [0.717, 1.165) is 24.9 Å². The molecule has 0 aliphatic heterocycles. The summed E-state index contributed by atoms with van der Waals surface area (Å²) in [5, 5.41) is 0. The van der Waals surface area contributed by atoms with E-state index in [1.165, 1.54) is 103 Å². The predicted octanol–water partition coefficient (Wildman–Crippen LogP) is 8.08. The average Bonchev–Trinajstić information content (AvgIpc) is 2.64. The molecule has 0 saturated carbocycles. The Kier molecular flexibility index (Phi) is 26.1. The van der Waals surface area contributed by atoms with Crippen LogP contribution in [0.5, 0.6) is 0 Å². The smallest absolute Gasteiger partial charge is 0.220 e. The second kappa shape index (κ2) is 23.3. The lowest BCUT2D eigenvalue weighted by Crippen LogP contribution is -2.27. The highest BCUT2D eigenvalue weighted by Gasteiger charge is 2.17. The molecule has 0 aliphatic carbocycles. The summed E-state index contributed by atoms with van der Waals surface area (Å²) in [6.07, 6.45) is 21.8. The van der Waals surface area contributed by atoms with Crippen LogP contribution in [-0.2, 0) is 0 Å². The quantitative estimate of drug-likeness (QED) is 0.111. The van der Waals surface area contributed by atoms with Gasteiger partial charge in [0.2, 0.25) is 0 Å². The van der Waals surface area contributed by atoms with E-state index in [9.17, 15) is 0 Å². The molecule has 0 N–H and O–H groups in total. The lowest BCUT2D eigenvalue weighted by Gasteiger charge is -2.26. The molecule has 0 fully saturated rings. The van der Waals surface area contributed by atoms with Crippen molar-refractivity contribution in [3.8, 4) is 0 Å². The van der Waals surface area contributed by atoms with Crippen LogP contribution in [0.2, 0.25) is 0 Å². The number of unbranched alkanes of at least 4 members (excludes halogenated alkanes) is 8. The van der Waals surface area contributed by atoms with Crippen LogP contribution in [0.25, 0.3) is 0 Å². The molecule has 27 heavy (non-hydrogen) atoms. The fourth-order valence-electron chi connectivity index (χ4n) is 3.99. The monoisotopic (exact) mass is 413 g/mol. The average molecular weight is 414 g/mol. The summed E-state index contributed by atoms with van der Waals surface area (Å²) in [7, 11) is 0. The molecule has 0 aromatic rings. The Bertz CT molecular complexity index is 249. The highest BCUT2D eigenvalue weighted by atomic mass is 35.5. The summed E-state index contributed by atoms with van der Waals surface area (Å²) in [5.41, 5.74) is 0. The molecule has 0 spiro atoms. The van der Waals surface area contributed by atoms with Gasteiger partial charge in [-0.15, -0.1) is 0 Å². The summed E-state index contributed by atoms with van der Waals surface area (Å²) < 4.78 is 2.17. The minimum Gasteiger partial charge on any atom is -0.220 e. The topological polar surface area (TPSA) is 3.24 Å². The van der Waals surface area contributed by atoms with Crippen LogP contribution in [0.15, 0.2) is 0 Å². The van der Waals surface area contributed by atoms with Gasteiger partial charge in [-0.25, -0.2) is 4.42 Å². The molecule has 0 aromatic carbocycles. The Morgan fingerprint density at radius 3 is 1.19 bits per heavy atom. The van der Waals surface area contributed by atoms with Crippen molar-refractivity contribution in [3.05, 3.63) is 0 Å². The maximum absolute atomic E-state index is 6.74. The largest absolute Gasteiger partial charge is 0.316 e. The van der Waals surface area contributed by atoms with Gasteiger partial charge in [-0.2, -0.15) is 0 Å². The Hall–Kier alpha value is 1.02. The van der Waals surface area contributed by atoms with Crippen molar-refractivity contribution in [2.24, 2.45) is 11.8 Å². The third kappa shape index (κ3) is 20.1. The van der Waals surface area contributed by atoms with E-state index < -0.39 is 0 Å². The van der Waals surface area contributed by atoms with Gasteiger partial charge in [0.15, 0.2) is 0 Å².